The Morgan fingerprint density at radius 2 is 2.05 bits per heavy atom. The highest BCUT2D eigenvalue weighted by Crippen LogP contribution is 2.21. The molecule has 1 fully saturated rings. The van der Waals surface area contributed by atoms with E-state index < -0.39 is 24.1 Å². The molecule has 7 nitrogen and oxygen atoms in total. The van der Waals surface area contributed by atoms with Gasteiger partial charge < -0.3 is 20.7 Å². The van der Waals surface area contributed by atoms with E-state index in [0.29, 0.717) is 19.4 Å². The fourth-order valence-electron chi connectivity index (χ4n) is 2.59. The molecular weight excluding hydrogens is 274 g/mol. The minimum atomic E-state index is -0.736. The second kappa shape index (κ2) is 7.85. The molecule has 0 radical (unpaired) electrons. The zero-order chi connectivity index (χ0) is 16.0. The fourth-order valence-corrected chi connectivity index (χ4v) is 2.59. The Balaban J connectivity index is 2.93. The first kappa shape index (κ1) is 17.3. The van der Waals surface area contributed by atoms with Gasteiger partial charge >= 0.3 is 12.0 Å². The Labute approximate surface area is 125 Å². The molecule has 3 N–H and O–H groups in total. The van der Waals surface area contributed by atoms with Crippen LogP contribution in [0.15, 0.2) is 0 Å². The first-order chi connectivity index (χ1) is 9.92. The molecule has 1 aliphatic heterocycles. The quantitative estimate of drug-likeness (QED) is 0.727. The first-order valence-electron chi connectivity index (χ1n) is 7.36. The molecule has 3 atom stereocenters. The van der Waals surface area contributed by atoms with Crippen molar-refractivity contribution in [1.82, 2.24) is 10.2 Å². The van der Waals surface area contributed by atoms with E-state index >= 15 is 0 Å². The van der Waals surface area contributed by atoms with Crippen molar-refractivity contribution in [3.8, 4) is 0 Å². The van der Waals surface area contributed by atoms with Gasteiger partial charge in [0.05, 0.1) is 7.11 Å². The van der Waals surface area contributed by atoms with Crippen molar-refractivity contribution in [2.75, 3.05) is 13.7 Å². The summed E-state index contributed by atoms with van der Waals surface area (Å²) in [6.07, 6.45) is 3.01. The molecule has 1 aliphatic rings. The highest BCUT2D eigenvalue weighted by Gasteiger charge is 2.37. The summed E-state index contributed by atoms with van der Waals surface area (Å²) < 4.78 is 4.77. The minimum absolute atomic E-state index is 0.0646. The van der Waals surface area contributed by atoms with Crippen LogP contribution < -0.4 is 11.1 Å². The van der Waals surface area contributed by atoms with Gasteiger partial charge in [-0.25, -0.2) is 9.59 Å². The summed E-state index contributed by atoms with van der Waals surface area (Å²) in [5.41, 5.74) is 5.16. The lowest BCUT2D eigenvalue weighted by Gasteiger charge is -2.37. The van der Waals surface area contributed by atoms with E-state index in [1.54, 1.807) is 0 Å². The minimum Gasteiger partial charge on any atom is -0.467 e. The van der Waals surface area contributed by atoms with Gasteiger partial charge in [-0.1, -0.05) is 20.3 Å². The van der Waals surface area contributed by atoms with E-state index in [1.807, 2.05) is 13.8 Å². The maximum absolute atomic E-state index is 12.7. The molecule has 0 bridgehead atoms. The highest BCUT2D eigenvalue weighted by molar-refractivity contribution is 5.90. The molecule has 0 spiro atoms. The molecule has 1 rings (SSSR count). The molecule has 3 amide bonds. The van der Waals surface area contributed by atoms with Gasteiger partial charge in [0.2, 0.25) is 5.91 Å². The molecule has 21 heavy (non-hydrogen) atoms. The number of primary amides is 1. The number of piperidine rings is 1. The SMILES string of the molecule is CC[C@@H](C)[C@@H](NC(N)=O)C(=O)N1CCCC[C@@H]1C(=O)OC. The molecular formula is C14H25N3O4. The monoisotopic (exact) mass is 299 g/mol. The van der Waals surface area contributed by atoms with E-state index in [0.717, 1.165) is 12.8 Å². The van der Waals surface area contributed by atoms with Crippen molar-refractivity contribution >= 4 is 17.9 Å². The van der Waals surface area contributed by atoms with Gasteiger partial charge in [0.15, 0.2) is 0 Å². The number of nitrogens with zero attached hydrogens (tertiary/aromatic N) is 1. The van der Waals surface area contributed by atoms with Crippen LogP contribution in [0.5, 0.6) is 0 Å². The summed E-state index contributed by atoms with van der Waals surface area (Å²) in [6, 6.07) is -2.02. The normalized spacial score (nSPS) is 21.3. The van der Waals surface area contributed by atoms with E-state index in [2.05, 4.69) is 5.32 Å². The first-order valence-corrected chi connectivity index (χ1v) is 7.36. The number of nitrogens with one attached hydrogen (secondary N) is 1. The van der Waals surface area contributed by atoms with Crippen LogP contribution in [0.3, 0.4) is 0 Å². The number of ether oxygens (including phenoxy) is 1. The number of nitrogens with two attached hydrogens (primary N) is 1. The molecule has 0 aromatic heterocycles. The van der Waals surface area contributed by atoms with E-state index in [1.165, 1.54) is 12.0 Å². The van der Waals surface area contributed by atoms with Gasteiger partial charge in [0.25, 0.3) is 0 Å². The van der Waals surface area contributed by atoms with Crippen LogP contribution in [-0.2, 0) is 14.3 Å². The lowest BCUT2D eigenvalue weighted by atomic mass is 9.95. The lowest BCUT2D eigenvalue weighted by Crippen LogP contribution is -2.58. The Morgan fingerprint density at radius 1 is 1.38 bits per heavy atom. The van der Waals surface area contributed by atoms with Crippen molar-refractivity contribution in [2.24, 2.45) is 11.7 Å². The number of esters is 1. The molecule has 0 aliphatic carbocycles. The molecule has 1 heterocycles. The Kier molecular flexibility index (Phi) is 6.45. The third-order valence-corrected chi connectivity index (χ3v) is 4.04. The number of hydrogen-bond acceptors (Lipinski definition) is 4. The molecule has 120 valence electrons. The number of carbonyl (C=O) groups excluding carboxylic acids is 3. The zero-order valence-corrected chi connectivity index (χ0v) is 12.9. The Hall–Kier alpha value is -1.79. The maximum Gasteiger partial charge on any atom is 0.328 e. The Bertz CT molecular complexity index is 400. The lowest BCUT2D eigenvalue weighted by molar-refractivity contribution is -0.155. The zero-order valence-electron chi connectivity index (χ0n) is 12.9. The summed E-state index contributed by atoms with van der Waals surface area (Å²) in [5.74, 6) is -0.742. The molecule has 0 aromatic rings. The standard InChI is InChI=1S/C14H25N3O4/c1-4-9(2)11(16-14(15)20)12(18)17-8-6-5-7-10(17)13(19)21-3/h9-11H,4-8H2,1-3H3,(H3,15,16,20)/t9-,10-,11-/m1/s1. The summed E-state index contributed by atoms with van der Waals surface area (Å²) in [6.45, 7) is 4.29. The van der Waals surface area contributed by atoms with Gasteiger partial charge in [0.1, 0.15) is 12.1 Å². The van der Waals surface area contributed by atoms with Crippen LogP contribution in [0.25, 0.3) is 0 Å². The van der Waals surface area contributed by atoms with Crippen molar-refractivity contribution in [1.29, 1.82) is 0 Å². The smallest absolute Gasteiger partial charge is 0.328 e. The topological polar surface area (TPSA) is 102 Å². The number of rotatable bonds is 5. The second-order valence-electron chi connectivity index (χ2n) is 5.44. The fraction of sp³-hybridized carbons (Fsp3) is 0.786. The molecule has 0 unspecified atom stereocenters. The molecule has 7 heteroatoms. The van der Waals surface area contributed by atoms with Crippen molar-refractivity contribution in [3.05, 3.63) is 0 Å². The van der Waals surface area contributed by atoms with Crippen molar-refractivity contribution in [3.63, 3.8) is 0 Å². The number of carbonyl (C=O) groups is 3. The molecule has 0 aromatic carbocycles. The van der Waals surface area contributed by atoms with Gasteiger partial charge in [-0.2, -0.15) is 0 Å². The van der Waals surface area contributed by atoms with Crippen LogP contribution in [0.4, 0.5) is 4.79 Å². The van der Waals surface area contributed by atoms with Crippen molar-refractivity contribution < 1.29 is 19.1 Å². The van der Waals surface area contributed by atoms with Gasteiger partial charge in [-0.05, 0) is 25.2 Å². The summed E-state index contributed by atoms with van der Waals surface area (Å²) >= 11 is 0. The summed E-state index contributed by atoms with van der Waals surface area (Å²) in [4.78, 5) is 37.2. The average Bonchev–Trinajstić information content (AvgIpc) is 2.50. The maximum atomic E-state index is 12.7. The summed E-state index contributed by atoms with van der Waals surface area (Å²) in [7, 11) is 1.31. The summed E-state index contributed by atoms with van der Waals surface area (Å²) in [5, 5.41) is 2.50. The second-order valence-corrected chi connectivity index (χ2v) is 5.44. The van der Waals surface area contributed by atoms with Crippen LogP contribution in [0.1, 0.15) is 39.5 Å². The number of amides is 3. The van der Waals surface area contributed by atoms with Crippen molar-refractivity contribution in [2.45, 2.75) is 51.6 Å². The number of likely N-dealkylation sites (tertiary alicyclic amines) is 1. The predicted octanol–water partition coefficient (Wildman–Crippen LogP) is 0.624. The number of hydrogen-bond donors (Lipinski definition) is 2. The van der Waals surface area contributed by atoms with Crippen LogP contribution in [0, 0.1) is 5.92 Å². The van der Waals surface area contributed by atoms with E-state index in [-0.39, 0.29) is 11.8 Å². The molecule has 1 saturated heterocycles. The largest absolute Gasteiger partial charge is 0.467 e. The third kappa shape index (κ3) is 4.34. The predicted molar refractivity (Wildman–Crippen MR) is 77.3 cm³/mol. The van der Waals surface area contributed by atoms with Gasteiger partial charge in [-0.15, -0.1) is 0 Å². The van der Waals surface area contributed by atoms with Gasteiger partial charge in [0, 0.05) is 6.54 Å². The van der Waals surface area contributed by atoms with Crippen LogP contribution in [-0.4, -0.2) is 48.5 Å². The number of urea groups is 1. The van der Waals surface area contributed by atoms with Crippen LogP contribution in [0.2, 0.25) is 0 Å². The highest BCUT2D eigenvalue weighted by atomic mass is 16.5. The number of methoxy groups -OCH3 is 1. The molecule has 0 saturated carbocycles. The van der Waals surface area contributed by atoms with E-state index in [9.17, 15) is 14.4 Å². The van der Waals surface area contributed by atoms with Gasteiger partial charge in [-0.3, -0.25) is 4.79 Å². The van der Waals surface area contributed by atoms with Crippen LogP contribution >= 0.6 is 0 Å². The Morgan fingerprint density at radius 3 is 2.57 bits per heavy atom. The third-order valence-electron chi connectivity index (χ3n) is 4.04. The van der Waals surface area contributed by atoms with E-state index in [4.69, 9.17) is 10.5 Å². The average molecular weight is 299 g/mol.